The molecule has 0 amide bonds. The standard InChI is InChI=1S/C23H40O.CH4O/c1-16(12-15-24)19-9-10-20-18-8-7-17-6-4-5-13-22(17,2)21(18)11-14-23(19,20)3;1-2/h16-21,24H,4-15H2,1-3H3;2H,1H3. The van der Waals surface area contributed by atoms with E-state index >= 15 is 0 Å². The van der Waals surface area contributed by atoms with Gasteiger partial charge in [-0.15, -0.1) is 0 Å². The van der Waals surface area contributed by atoms with E-state index in [1.54, 1.807) is 0 Å². The molecule has 0 aliphatic heterocycles. The summed E-state index contributed by atoms with van der Waals surface area (Å²) in [4.78, 5) is 0. The number of rotatable bonds is 3. The molecule has 0 radical (unpaired) electrons. The van der Waals surface area contributed by atoms with Gasteiger partial charge < -0.3 is 10.2 Å². The Kier molecular flexibility index (Phi) is 6.44. The lowest BCUT2D eigenvalue weighted by atomic mass is 9.44. The fourth-order valence-electron chi connectivity index (χ4n) is 8.68. The number of hydrogen-bond donors (Lipinski definition) is 2. The summed E-state index contributed by atoms with van der Waals surface area (Å²) in [6, 6.07) is 0. The average molecular weight is 365 g/mol. The van der Waals surface area contributed by atoms with Crippen LogP contribution in [0.2, 0.25) is 0 Å². The molecule has 0 spiro atoms. The molecule has 4 aliphatic carbocycles. The minimum Gasteiger partial charge on any atom is -0.400 e. The molecule has 0 bridgehead atoms. The highest BCUT2D eigenvalue weighted by atomic mass is 16.3. The molecule has 152 valence electrons. The number of hydrogen-bond acceptors (Lipinski definition) is 2. The van der Waals surface area contributed by atoms with Gasteiger partial charge in [0.2, 0.25) is 0 Å². The molecule has 26 heavy (non-hydrogen) atoms. The fourth-order valence-corrected chi connectivity index (χ4v) is 8.68. The minimum atomic E-state index is 0.379. The van der Waals surface area contributed by atoms with Gasteiger partial charge in [0.15, 0.2) is 0 Å². The van der Waals surface area contributed by atoms with Crippen molar-refractivity contribution in [1.29, 1.82) is 0 Å². The number of aliphatic hydroxyl groups is 2. The van der Waals surface area contributed by atoms with Crippen molar-refractivity contribution in [2.45, 2.75) is 91.4 Å². The van der Waals surface area contributed by atoms with Crippen LogP contribution in [0.15, 0.2) is 0 Å². The second-order valence-corrected chi connectivity index (χ2v) is 10.6. The van der Waals surface area contributed by atoms with Crippen molar-refractivity contribution in [3.8, 4) is 0 Å². The highest BCUT2D eigenvalue weighted by Crippen LogP contribution is 2.68. The second-order valence-electron chi connectivity index (χ2n) is 10.6. The van der Waals surface area contributed by atoms with Crippen molar-refractivity contribution in [3.63, 3.8) is 0 Å². The molecule has 4 aliphatic rings. The summed E-state index contributed by atoms with van der Waals surface area (Å²) in [7, 11) is 1.00. The normalized spacial score (nSPS) is 48.5. The van der Waals surface area contributed by atoms with Crippen molar-refractivity contribution < 1.29 is 10.2 Å². The van der Waals surface area contributed by atoms with Crippen LogP contribution in [0.4, 0.5) is 0 Å². The van der Waals surface area contributed by atoms with Gasteiger partial charge in [-0.3, -0.25) is 0 Å². The Bertz CT molecular complexity index is 463. The van der Waals surface area contributed by atoms with E-state index in [4.69, 9.17) is 5.11 Å². The first-order chi connectivity index (χ1) is 12.5. The molecule has 2 nitrogen and oxygen atoms in total. The Balaban J connectivity index is 0.000000948. The molecular formula is C24H44O2. The van der Waals surface area contributed by atoms with Crippen LogP contribution in [0, 0.1) is 46.3 Å². The van der Waals surface area contributed by atoms with Crippen LogP contribution >= 0.6 is 0 Å². The zero-order chi connectivity index (χ0) is 18.9. The summed E-state index contributed by atoms with van der Waals surface area (Å²) in [5, 5.41) is 16.4. The van der Waals surface area contributed by atoms with Crippen LogP contribution < -0.4 is 0 Å². The van der Waals surface area contributed by atoms with Gasteiger partial charge >= 0.3 is 0 Å². The maximum atomic E-state index is 9.43. The molecular weight excluding hydrogens is 320 g/mol. The predicted octanol–water partition coefficient (Wildman–Crippen LogP) is 5.66. The van der Waals surface area contributed by atoms with Gasteiger partial charge in [-0.1, -0.05) is 33.6 Å². The molecule has 0 aromatic heterocycles. The topological polar surface area (TPSA) is 40.5 Å². The molecule has 4 saturated carbocycles. The van der Waals surface area contributed by atoms with E-state index in [0.29, 0.717) is 23.4 Å². The summed E-state index contributed by atoms with van der Waals surface area (Å²) in [6.45, 7) is 8.13. The molecule has 2 heteroatoms. The first kappa shape index (κ1) is 20.6. The van der Waals surface area contributed by atoms with Crippen molar-refractivity contribution in [3.05, 3.63) is 0 Å². The Morgan fingerprint density at radius 2 is 1.58 bits per heavy atom. The van der Waals surface area contributed by atoms with Crippen LogP contribution in [-0.4, -0.2) is 23.9 Å². The van der Waals surface area contributed by atoms with Gasteiger partial charge in [0.1, 0.15) is 0 Å². The van der Waals surface area contributed by atoms with Crippen LogP contribution in [0.25, 0.3) is 0 Å². The third-order valence-corrected chi connectivity index (χ3v) is 9.93. The van der Waals surface area contributed by atoms with Gasteiger partial charge in [0.05, 0.1) is 0 Å². The summed E-state index contributed by atoms with van der Waals surface area (Å²) >= 11 is 0. The van der Waals surface area contributed by atoms with E-state index in [9.17, 15) is 5.11 Å². The highest BCUT2D eigenvalue weighted by molar-refractivity contribution is 5.09. The third kappa shape index (κ3) is 3.17. The van der Waals surface area contributed by atoms with E-state index in [0.717, 1.165) is 43.1 Å². The minimum absolute atomic E-state index is 0.379. The predicted molar refractivity (Wildman–Crippen MR) is 109 cm³/mol. The molecule has 0 heterocycles. The Labute approximate surface area is 162 Å². The zero-order valence-electron chi connectivity index (χ0n) is 17.8. The van der Waals surface area contributed by atoms with Crippen LogP contribution in [-0.2, 0) is 0 Å². The molecule has 2 N–H and O–H groups in total. The van der Waals surface area contributed by atoms with Gasteiger partial charge in [0.25, 0.3) is 0 Å². The Hall–Kier alpha value is -0.0800. The summed E-state index contributed by atoms with van der Waals surface area (Å²) in [6.07, 6.45) is 16.0. The van der Waals surface area contributed by atoms with Crippen molar-refractivity contribution in [1.82, 2.24) is 0 Å². The summed E-state index contributed by atoms with van der Waals surface area (Å²) in [5.41, 5.74) is 1.25. The maximum Gasteiger partial charge on any atom is 0.0433 e. The summed E-state index contributed by atoms with van der Waals surface area (Å²) < 4.78 is 0. The number of fused-ring (bicyclic) bond motifs is 5. The molecule has 8 unspecified atom stereocenters. The Morgan fingerprint density at radius 1 is 0.846 bits per heavy atom. The highest BCUT2D eigenvalue weighted by Gasteiger charge is 2.59. The SMILES string of the molecule is CC(CCO)C1CCC2C3CCC4CCCCC4(C)C3CCC12C.CO. The fraction of sp³-hybridized carbons (Fsp3) is 1.00. The molecule has 4 rings (SSSR count). The third-order valence-electron chi connectivity index (χ3n) is 9.93. The first-order valence-electron chi connectivity index (χ1n) is 11.6. The molecule has 0 aromatic carbocycles. The van der Waals surface area contributed by atoms with E-state index in [2.05, 4.69) is 20.8 Å². The monoisotopic (exact) mass is 364 g/mol. The summed E-state index contributed by atoms with van der Waals surface area (Å²) in [5.74, 6) is 5.66. The molecule has 0 saturated heterocycles. The average Bonchev–Trinajstić information content (AvgIpc) is 3.00. The van der Waals surface area contributed by atoms with Crippen molar-refractivity contribution in [2.24, 2.45) is 46.3 Å². The molecule has 8 atom stereocenters. The lowest BCUT2D eigenvalue weighted by molar-refractivity contribution is -0.114. The molecule has 4 fully saturated rings. The van der Waals surface area contributed by atoms with Crippen molar-refractivity contribution in [2.75, 3.05) is 13.7 Å². The van der Waals surface area contributed by atoms with Gasteiger partial charge in [0, 0.05) is 13.7 Å². The smallest absolute Gasteiger partial charge is 0.0433 e. The van der Waals surface area contributed by atoms with E-state index < -0.39 is 0 Å². The van der Waals surface area contributed by atoms with E-state index in [1.165, 1.54) is 64.2 Å². The maximum absolute atomic E-state index is 9.43. The largest absolute Gasteiger partial charge is 0.400 e. The van der Waals surface area contributed by atoms with Gasteiger partial charge in [-0.2, -0.15) is 0 Å². The Morgan fingerprint density at radius 3 is 2.31 bits per heavy atom. The zero-order valence-corrected chi connectivity index (χ0v) is 17.8. The first-order valence-corrected chi connectivity index (χ1v) is 11.6. The van der Waals surface area contributed by atoms with Crippen LogP contribution in [0.5, 0.6) is 0 Å². The quantitative estimate of drug-likeness (QED) is 0.678. The van der Waals surface area contributed by atoms with E-state index in [1.807, 2.05) is 0 Å². The van der Waals surface area contributed by atoms with Gasteiger partial charge in [-0.25, -0.2) is 0 Å². The van der Waals surface area contributed by atoms with E-state index in [-0.39, 0.29) is 0 Å². The lowest BCUT2D eigenvalue weighted by Crippen LogP contribution is -2.53. The van der Waals surface area contributed by atoms with Crippen molar-refractivity contribution >= 4 is 0 Å². The van der Waals surface area contributed by atoms with Gasteiger partial charge in [-0.05, 0) is 104 Å². The number of aliphatic hydroxyl groups excluding tert-OH is 2. The molecule has 0 aromatic rings. The van der Waals surface area contributed by atoms with Crippen LogP contribution in [0.3, 0.4) is 0 Å². The lowest BCUT2D eigenvalue weighted by Gasteiger charge is -2.61. The second kappa shape index (κ2) is 8.11. The van der Waals surface area contributed by atoms with Crippen LogP contribution in [0.1, 0.15) is 91.4 Å².